The molecule has 29 heavy (non-hydrogen) atoms. The highest BCUT2D eigenvalue weighted by molar-refractivity contribution is 7.13. The molecule has 4 rings (SSSR count). The van der Waals surface area contributed by atoms with E-state index in [1.807, 2.05) is 0 Å². The molecule has 0 atom stereocenters. The lowest BCUT2D eigenvalue weighted by Crippen LogP contribution is -2.32. The van der Waals surface area contributed by atoms with Crippen LogP contribution in [-0.4, -0.2) is 34.2 Å². The number of hydrogen-bond acceptors (Lipinski definition) is 7. The molecule has 0 aliphatic carbocycles. The van der Waals surface area contributed by atoms with E-state index in [4.69, 9.17) is 0 Å². The van der Waals surface area contributed by atoms with Gasteiger partial charge in [-0.1, -0.05) is 30.4 Å². The number of benzene rings is 1. The van der Waals surface area contributed by atoms with Gasteiger partial charge in [0.2, 0.25) is 5.13 Å². The van der Waals surface area contributed by atoms with Gasteiger partial charge >= 0.3 is 0 Å². The largest absolute Gasteiger partial charge is 0.372 e. The molecule has 2 N–H and O–H groups in total. The second kappa shape index (κ2) is 9.00. The Morgan fingerprint density at radius 1 is 1.17 bits per heavy atom. The maximum absolute atomic E-state index is 12.1. The summed E-state index contributed by atoms with van der Waals surface area (Å²) in [6.45, 7) is 5.29. The Labute approximate surface area is 174 Å². The molecular formula is C21H24N6OS. The van der Waals surface area contributed by atoms with Crippen molar-refractivity contribution in [2.24, 2.45) is 5.92 Å². The molecule has 7 nitrogen and oxygen atoms in total. The van der Waals surface area contributed by atoms with E-state index in [9.17, 15) is 4.79 Å². The first-order chi connectivity index (χ1) is 14.2. The van der Waals surface area contributed by atoms with Crippen LogP contribution < -0.4 is 15.5 Å². The normalized spacial score (nSPS) is 14.6. The Kier molecular flexibility index (Phi) is 6.00. The predicted molar refractivity (Wildman–Crippen MR) is 116 cm³/mol. The summed E-state index contributed by atoms with van der Waals surface area (Å²) in [7, 11) is 0. The van der Waals surface area contributed by atoms with Crippen LogP contribution in [0, 0.1) is 5.92 Å². The Balaban J connectivity index is 1.29. The summed E-state index contributed by atoms with van der Waals surface area (Å²) in [6.07, 6.45) is 4.09. The first kappa shape index (κ1) is 19.3. The van der Waals surface area contributed by atoms with Gasteiger partial charge in [0.25, 0.3) is 5.91 Å². The number of anilines is 3. The zero-order chi connectivity index (χ0) is 20.1. The summed E-state index contributed by atoms with van der Waals surface area (Å²) in [5, 5.41) is 14.0. The lowest BCUT2D eigenvalue weighted by atomic mass is 9.99. The number of hydrogen-bond donors (Lipinski definition) is 2. The average molecular weight is 409 g/mol. The third-order valence-corrected chi connectivity index (χ3v) is 5.77. The van der Waals surface area contributed by atoms with E-state index in [1.165, 1.54) is 35.4 Å². The summed E-state index contributed by atoms with van der Waals surface area (Å²) in [5.41, 5.74) is 4.54. The smallest absolute Gasteiger partial charge is 0.259 e. The average Bonchev–Trinajstić information content (AvgIpc) is 3.27. The predicted octanol–water partition coefficient (Wildman–Crippen LogP) is 4.03. The van der Waals surface area contributed by atoms with Gasteiger partial charge in [-0.2, -0.15) is 0 Å². The highest BCUT2D eigenvalue weighted by Crippen LogP contribution is 2.23. The van der Waals surface area contributed by atoms with E-state index >= 15 is 0 Å². The molecule has 2 aromatic heterocycles. The summed E-state index contributed by atoms with van der Waals surface area (Å²) in [6, 6.07) is 12.3. The van der Waals surface area contributed by atoms with Crippen LogP contribution in [-0.2, 0) is 6.54 Å². The van der Waals surface area contributed by atoms with Crippen molar-refractivity contribution >= 4 is 33.9 Å². The fourth-order valence-electron chi connectivity index (χ4n) is 3.31. The Morgan fingerprint density at radius 2 is 1.97 bits per heavy atom. The molecule has 1 amide bonds. The number of rotatable bonds is 6. The van der Waals surface area contributed by atoms with Crippen molar-refractivity contribution in [1.29, 1.82) is 0 Å². The minimum Gasteiger partial charge on any atom is -0.372 e. The molecule has 0 saturated carbocycles. The maximum Gasteiger partial charge on any atom is 0.259 e. The molecule has 0 radical (unpaired) electrons. The maximum atomic E-state index is 12.1. The number of amides is 1. The molecule has 0 spiro atoms. The molecule has 150 valence electrons. The van der Waals surface area contributed by atoms with Gasteiger partial charge in [-0.25, -0.2) is 4.98 Å². The van der Waals surface area contributed by atoms with Crippen molar-refractivity contribution < 1.29 is 4.79 Å². The van der Waals surface area contributed by atoms with E-state index in [1.54, 1.807) is 23.8 Å². The monoisotopic (exact) mass is 408 g/mol. The van der Waals surface area contributed by atoms with Crippen molar-refractivity contribution in [2.75, 3.05) is 28.6 Å². The van der Waals surface area contributed by atoms with E-state index in [-0.39, 0.29) is 5.91 Å². The number of pyridine rings is 1. The number of carbonyl (C=O) groups is 1. The molecule has 1 fully saturated rings. The summed E-state index contributed by atoms with van der Waals surface area (Å²) < 4.78 is 0. The fraction of sp³-hybridized carbons (Fsp3) is 0.333. The van der Waals surface area contributed by atoms with Crippen molar-refractivity contribution in [3.05, 3.63) is 59.2 Å². The first-order valence-electron chi connectivity index (χ1n) is 9.79. The van der Waals surface area contributed by atoms with Gasteiger partial charge < -0.3 is 10.2 Å². The third kappa shape index (κ3) is 5.08. The zero-order valence-corrected chi connectivity index (χ0v) is 17.2. The standard InChI is InChI=1S/C21H24N6OS/c1-15-8-10-27(11-9-15)18-5-2-16(3-6-18)12-22-19-7-4-17(13-23-19)20(28)25-21-26-24-14-29-21/h2-7,13-15H,8-12H2,1H3,(H,22,23)(H,25,26,28). The summed E-state index contributed by atoms with van der Waals surface area (Å²) >= 11 is 1.27. The van der Waals surface area contributed by atoms with Gasteiger partial charge in [-0.3, -0.25) is 10.1 Å². The number of aromatic nitrogens is 3. The molecule has 3 heterocycles. The van der Waals surface area contributed by atoms with E-state index < -0.39 is 0 Å². The second-order valence-corrected chi connectivity index (χ2v) is 8.15. The van der Waals surface area contributed by atoms with Gasteiger partial charge in [0.15, 0.2) is 0 Å². The van der Waals surface area contributed by atoms with Gasteiger partial charge in [-0.15, -0.1) is 10.2 Å². The summed E-state index contributed by atoms with van der Waals surface area (Å²) in [4.78, 5) is 18.9. The molecule has 1 saturated heterocycles. The van der Waals surface area contributed by atoms with Crippen LogP contribution in [0.25, 0.3) is 0 Å². The number of nitrogens with one attached hydrogen (secondary N) is 2. The van der Waals surface area contributed by atoms with Gasteiger partial charge in [-0.05, 0) is 48.6 Å². The molecular weight excluding hydrogens is 384 g/mol. The minimum atomic E-state index is -0.247. The van der Waals surface area contributed by atoms with Crippen LogP contribution in [0.1, 0.15) is 35.7 Å². The number of carbonyl (C=O) groups excluding carboxylic acids is 1. The molecule has 1 aromatic carbocycles. The highest BCUT2D eigenvalue weighted by Gasteiger charge is 2.15. The molecule has 1 aliphatic rings. The fourth-order valence-corrected chi connectivity index (χ4v) is 3.75. The van der Waals surface area contributed by atoms with Gasteiger partial charge in [0, 0.05) is 31.5 Å². The molecule has 1 aliphatic heterocycles. The number of piperidine rings is 1. The van der Waals surface area contributed by atoms with Crippen molar-refractivity contribution in [3.8, 4) is 0 Å². The molecule has 3 aromatic rings. The molecule has 8 heteroatoms. The SMILES string of the molecule is CC1CCN(c2ccc(CNc3ccc(C(=O)Nc4nncs4)cn3)cc2)CC1. The second-order valence-electron chi connectivity index (χ2n) is 7.32. The molecule has 0 unspecified atom stereocenters. The Bertz CT molecular complexity index is 919. The van der Waals surface area contributed by atoms with Crippen LogP contribution in [0.4, 0.5) is 16.6 Å². The number of nitrogens with zero attached hydrogens (tertiary/aromatic N) is 4. The third-order valence-electron chi connectivity index (χ3n) is 5.16. The van der Waals surface area contributed by atoms with Crippen LogP contribution >= 0.6 is 11.3 Å². The Hall–Kier alpha value is -3.00. The highest BCUT2D eigenvalue weighted by atomic mass is 32.1. The Morgan fingerprint density at radius 3 is 2.62 bits per heavy atom. The lowest BCUT2D eigenvalue weighted by Gasteiger charge is -2.32. The van der Waals surface area contributed by atoms with Crippen LogP contribution in [0.3, 0.4) is 0 Å². The van der Waals surface area contributed by atoms with Crippen LogP contribution in [0.2, 0.25) is 0 Å². The molecule has 0 bridgehead atoms. The zero-order valence-electron chi connectivity index (χ0n) is 16.3. The first-order valence-corrected chi connectivity index (χ1v) is 10.7. The van der Waals surface area contributed by atoms with Gasteiger partial charge in [0.1, 0.15) is 11.3 Å². The topological polar surface area (TPSA) is 83.0 Å². The van der Waals surface area contributed by atoms with Gasteiger partial charge in [0.05, 0.1) is 5.56 Å². The van der Waals surface area contributed by atoms with E-state index in [0.29, 0.717) is 17.2 Å². The van der Waals surface area contributed by atoms with Crippen LogP contribution in [0.5, 0.6) is 0 Å². The van der Waals surface area contributed by atoms with E-state index in [0.717, 1.165) is 24.8 Å². The quantitative estimate of drug-likeness (QED) is 0.641. The van der Waals surface area contributed by atoms with Crippen molar-refractivity contribution in [2.45, 2.75) is 26.3 Å². The van der Waals surface area contributed by atoms with Crippen molar-refractivity contribution in [1.82, 2.24) is 15.2 Å². The van der Waals surface area contributed by atoms with E-state index in [2.05, 4.69) is 61.9 Å². The van der Waals surface area contributed by atoms with Crippen LogP contribution in [0.15, 0.2) is 48.1 Å². The lowest BCUT2D eigenvalue weighted by molar-refractivity contribution is 0.102. The minimum absolute atomic E-state index is 0.247. The van der Waals surface area contributed by atoms with Crippen molar-refractivity contribution in [3.63, 3.8) is 0 Å². The summed E-state index contributed by atoms with van der Waals surface area (Å²) in [5.74, 6) is 1.32.